The summed E-state index contributed by atoms with van der Waals surface area (Å²) in [4.78, 5) is 19.2. The fraction of sp³-hybridized carbons (Fsp3) is 0.550. The third-order valence-electron chi connectivity index (χ3n) is 5.60. The highest BCUT2D eigenvalue weighted by Gasteiger charge is 2.26. The Hall–Kier alpha value is -2.20. The van der Waals surface area contributed by atoms with Crippen LogP contribution in [0.5, 0.6) is 0 Å². The second-order valence-electron chi connectivity index (χ2n) is 7.86. The number of thioether (sulfide) groups is 1. The summed E-state index contributed by atoms with van der Waals surface area (Å²) in [6.07, 6.45) is 7.98. The summed E-state index contributed by atoms with van der Waals surface area (Å²) in [5, 5.41) is 15.0. The fourth-order valence-electron chi connectivity index (χ4n) is 4.06. The van der Waals surface area contributed by atoms with Crippen molar-refractivity contribution in [3.8, 4) is 0 Å². The van der Waals surface area contributed by atoms with Gasteiger partial charge < -0.3 is 4.74 Å². The quantitative estimate of drug-likeness (QED) is 0.242. The largest absolute Gasteiger partial charge is 0.465 e. The van der Waals surface area contributed by atoms with Gasteiger partial charge in [0.05, 0.1) is 17.7 Å². The summed E-state index contributed by atoms with van der Waals surface area (Å²) in [6, 6.07) is 0. The zero-order chi connectivity index (χ0) is 20.7. The van der Waals surface area contributed by atoms with E-state index in [1.54, 1.807) is 22.2 Å². The third-order valence-corrected chi connectivity index (χ3v) is 7.75. The van der Waals surface area contributed by atoms with Crippen LogP contribution in [0.3, 0.4) is 0 Å². The van der Waals surface area contributed by atoms with Crippen LogP contribution in [0.2, 0.25) is 0 Å². The molecule has 5 rings (SSSR count). The Morgan fingerprint density at radius 1 is 1.37 bits per heavy atom. The molecule has 4 heterocycles. The Morgan fingerprint density at radius 3 is 3.13 bits per heavy atom. The molecule has 0 saturated heterocycles. The molecule has 0 saturated carbocycles. The molecule has 0 radical (unpaired) electrons. The van der Waals surface area contributed by atoms with Gasteiger partial charge in [-0.05, 0) is 37.2 Å². The predicted octanol–water partition coefficient (Wildman–Crippen LogP) is 3.94. The van der Waals surface area contributed by atoms with Crippen molar-refractivity contribution < 1.29 is 9.53 Å². The highest BCUT2D eigenvalue weighted by atomic mass is 32.2. The number of aromatic nitrogens is 6. The van der Waals surface area contributed by atoms with E-state index in [-0.39, 0.29) is 11.7 Å². The Morgan fingerprint density at radius 2 is 2.27 bits per heavy atom. The van der Waals surface area contributed by atoms with Crippen LogP contribution >= 0.6 is 23.1 Å². The van der Waals surface area contributed by atoms with Gasteiger partial charge in [0.15, 0.2) is 10.8 Å². The molecule has 0 fully saturated rings. The molecule has 1 atom stereocenters. The van der Waals surface area contributed by atoms with E-state index >= 15 is 0 Å². The molecule has 0 spiro atoms. The molecule has 1 aliphatic carbocycles. The van der Waals surface area contributed by atoms with Crippen LogP contribution in [0, 0.1) is 5.92 Å². The van der Waals surface area contributed by atoms with Crippen molar-refractivity contribution in [2.45, 2.75) is 57.5 Å². The first-order valence-corrected chi connectivity index (χ1v) is 12.3. The third kappa shape index (κ3) is 3.35. The zero-order valence-corrected chi connectivity index (χ0v) is 18.8. The lowest BCUT2D eigenvalue weighted by Crippen LogP contribution is -2.09. The molecule has 158 valence electrons. The molecular formula is C20H24N6O2S2. The van der Waals surface area contributed by atoms with Gasteiger partial charge in [0.1, 0.15) is 11.2 Å². The van der Waals surface area contributed by atoms with Gasteiger partial charge in [0.25, 0.3) is 5.78 Å². The first-order chi connectivity index (χ1) is 14.7. The standard InChI is InChI=1S/C20H24N6O2S2/c1-3-4-5-8-28-15(27)10-29-20-24-23-19-25(20)18-16(17-21-11-22-26(17)19)13-7-6-12(2)9-14(13)30-18/h11-12H,3-10H2,1-2H3. The fourth-order valence-corrected chi connectivity index (χ4v) is 6.35. The first kappa shape index (κ1) is 19.7. The van der Waals surface area contributed by atoms with E-state index in [0.717, 1.165) is 48.0 Å². The highest BCUT2D eigenvalue weighted by molar-refractivity contribution is 7.99. The van der Waals surface area contributed by atoms with Gasteiger partial charge in [-0.1, -0.05) is 38.5 Å². The van der Waals surface area contributed by atoms with Crippen molar-refractivity contribution in [1.29, 1.82) is 0 Å². The Bertz CT molecular complexity index is 1230. The maximum atomic E-state index is 12.1. The van der Waals surface area contributed by atoms with Gasteiger partial charge >= 0.3 is 5.97 Å². The molecule has 4 aromatic rings. The number of thiophene rings is 1. The normalized spacial score (nSPS) is 16.5. The van der Waals surface area contributed by atoms with Gasteiger partial charge in [-0.15, -0.1) is 21.5 Å². The summed E-state index contributed by atoms with van der Waals surface area (Å²) < 4.78 is 9.12. The number of nitrogens with zero attached hydrogens (tertiary/aromatic N) is 6. The maximum absolute atomic E-state index is 12.1. The zero-order valence-electron chi connectivity index (χ0n) is 17.1. The lowest BCUT2D eigenvalue weighted by molar-refractivity contribution is -0.140. The lowest BCUT2D eigenvalue weighted by atomic mass is 9.89. The van der Waals surface area contributed by atoms with Crippen LogP contribution in [0.1, 0.15) is 50.0 Å². The van der Waals surface area contributed by atoms with Gasteiger partial charge in [0, 0.05) is 4.88 Å². The molecule has 0 amide bonds. The Labute approximate surface area is 182 Å². The lowest BCUT2D eigenvalue weighted by Gasteiger charge is -2.17. The smallest absolute Gasteiger partial charge is 0.316 e. The predicted molar refractivity (Wildman–Crippen MR) is 117 cm³/mol. The second-order valence-corrected chi connectivity index (χ2v) is 9.89. The molecule has 0 aromatic carbocycles. The van der Waals surface area contributed by atoms with Gasteiger partial charge in [-0.3, -0.25) is 4.79 Å². The van der Waals surface area contributed by atoms with E-state index in [1.807, 2.05) is 4.40 Å². The summed E-state index contributed by atoms with van der Waals surface area (Å²) in [5.74, 6) is 1.31. The number of carbonyl (C=O) groups is 1. The number of esters is 1. The summed E-state index contributed by atoms with van der Waals surface area (Å²) in [7, 11) is 0. The number of carbonyl (C=O) groups excluding carboxylic acids is 1. The second kappa shape index (κ2) is 8.14. The van der Waals surface area contributed by atoms with Crippen LogP contribution in [0.25, 0.3) is 21.6 Å². The van der Waals surface area contributed by atoms with Crippen LogP contribution in [0.15, 0.2) is 11.5 Å². The number of unbranched alkanes of at least 4 members (excludes halogenated alkanes) is 2. The summed E-state index contributed by atoms with van der Waals surface area (Å²) >= 11 is 3.16. The molecule has 0 N–H and O–H groups in total. The molecule has 30 heavy (non-hydrogen) atoms. The van der Waals surface area contributed by atoms with E-state index < -0.39 is 0 Å². The van der Waals surface area contributed by atoms with Gasteiger partial charge in [-0.2, -0.15) is 9.61 Å². The topological polar surface area (TPSA) is 86.7 Å². The van der Waals surface area contributed by atoms with Crippen molar-refractivity contribution in [3.63, 3.8) is 0 Å². The van der Waals surface area contributed by atoms with Crippen LogP contribution in [-0.2, 0) is 22.4 Å². The molecule has 8 nitrogen and oxygen atoms in total. The van der Waals surface area contributed by atoms with Gasteiger partial charge in [-0.25, -0.2) is 9.38 Å². The number of aryl methyl sites for hydroxylation is 1. The van der Waals surface area contributed by atoms with Crippen LogP contribution in [-0.4, -0.2) is 47.5 Å². The first-order valence-electron chi connectivity index (χ1n) is 10.5. The number of hydrogen-bond donors (Lipinski definition) is 0. The molecule has 10 heteroatoms. The minimum absolute atomic E-state index is 0.214. The van der Waals surface area contributed by atoms with Crippen molar-refractivity contribution in [3.05, 3.63) is 16.8 Å². The monoisotopic (exact) mass is 444 g/mol. The molecule has 0 aliphatic heterocycles. The molecule has 1 aliphatic rings. The van der Waals surface area contributed by atoms with E-state index in [0.29, 0.717) is 23.5 Å². The summed E-state index contributed by atoms with van der Waals surface area (Å²) in [6.45, 7) is 4.92. The van der Waals surface area contributed by atoms with E-state index in [2.05, 4.69) is 34.1 Å². The molecule has 4 aromatic heterocycles. The number of rotatable bonds is 7. The van der Waals surface area contributed by atoms with Crippen molar-refractivity contribution >= 4 is 50.7 Å². The number of fused-ring (bicyclic) bond motifs is 8. The van der Waals surface area contributed by atoms with E-state index in [4.69, 9.17) is 4.74 Å². The van der Waals surface area contributed by atoms with Crippen LogP contribution < -0.4 is 0 Å². The molecular weight excluding hydrogens is 420 g/mol. The van der Waals surface area contributed by atoms with Crippen LogP contribution in [0.4, 0.5) is 0 Å². The average molecular weight is 445 g/mol. The van der Waals surface area contributed by atoms with E-state index in [1.165, 1.54) is 28.6 Å². The Balaban J connectivity index is 1.52. The van der Waals surface area contributed by atoms with Crippen molar-refractivity contribution in [2.75, 3.05) is 12.4 Å². The average Bonchev–Trinajstić information content (AvgIpc) is 3.44. The maximum Gasteiger partial charge on any atom is 0.316 e. The van der Waals surface area contributed by atoms with E-state index in [9.17, 15) is 4.79 Å². The summed E-state index contributed by atoms with van der Waals surface area (Å²) in [5.41, 5.74) is 2.22. The molecule has 1 unspecified atom stereocenters. The number of hydrogen-bond acceptors (Lipinski definition) is 8. The Kier molecular flexibility index (Phi) is 5.36. The van der Waals surface area contributed by atoms with Crippen molar-refractivity contribution in [1.82, 2.24) is 29.2 Å². The molecule has 0 bridgehead atoms. The minimum Gasteiger partial charge on any atom is -0.465 e. The minimum atomic E-state index is -0.217. The number of ether oxygens (including phenoxy) is 1. The highest BCUT2D eigenvalue weighted by Crippen LogP contribution is 2.40. The van der Waals surface area contributed by atoms with Gasteiger partial charge in [0.2, 0.25) is 0 Å². The van der Waals surface area contributed by atoms with Crippen molar-refractivity contribution in [2.24, 2.45) is 5.92 Å². The SMILES string of the molecule is CCCCCOC(=O)CSc1nnc2n3ncnc3c3c4c(sc3n12)CC(C)CC4.